The Kier molecular flexibility index (Phi) is 4.17. The molecule has 2 N–H and O–H groups in total. The van der Waals surface area contributed by atoms with E-state index in [0.717, 1.165) is 11.8 Å². The molecule has 0 bridgehead atoms. The number of aliphatic hydroxyl groups excluding tert-OH is 1. The Morgan fingerprint density at radius 2 is 1.95 bits per heavy atom. The van der Waals surface area contributed by atoms with E-state index in [1.165, 1.54) is 37.0 Å². The first-order valence-corrected chi connectivity index (χ1v) is 9.77. The molecule has 3 rings (SSSR count). The van der Waals surface area contributed by atoms with Crippen LogP contribution in [0.2, 0.25) is 0 Å². The molecule has 1 atom stereocenters. The van der Waals surface area contributed by atoms with Crippen molar-refractivity contribution in [2.75, 3.05) is 12.3 Å². The summed E-state index contributed by atoms with van der Waals surface area (Å²) in [6.45, 7) is 0.377. The van der Waals surface area contributed by atoms with Gasteiger partial charge in [0.05, 0.1) is 11.9 Å². The number of rotatable bonds is 8. The lowest BCUT2D eigenvalue weighted by Gasteiger charge is -2.20. The van der Waals surface area contributed by atoms with Crippen LogP contribution in [0.15, 0.2) is 21.7 Å². The maximum Gasteiger partial charge on any atom is 0.190 e. The first-order valence-electron chi connectivity index (χ1n) is 7.24. The van der Waals surface area contributed by atoms with E-state index < -0.39 is 15.9 Å². The zero-order chi connectivity index (χ0) is 14.2. The Morgan fingerprint density at radius 3 is 2.45 bits per heavy atom. The topological polar surface area (TPSA) is 66.4 Å². The van der Waals surface area contributed by atoms with Crippen molar-refractivity contribution in [1.29, 1.82) is 0 Å². The van der Waals surface area contributed by atoms with Crippen LogP contribution in [0.25, 0.3) is 0 Å². The summed E-state index contributed by atoms with van der Waals surface area (Å²) in [5.41, 5.74) is 0. The smallest absolute Gasteiger partial charge is 0.190 e. The minimum absolute atomic E-state index is 0.192. The highest BCUT2D eigenvalue weighted by Gasteiger charge is 2.41. The van der Waals surface area contributed by atoms with E-state index >= 15 is 0 Å². The van der Waals surface area contributed by atoms with Crippen LogP contribution >= 0.6 is 11.3 Å². The molecule has 2 saturated carbocycles. The molecule has 6 heteroatoms. The maximum atomic E-state index is 12.1. The number of sulfone groups is 1. The molecule has 0 aliphatic heterocycles. The van der Waals surface area contributed by atoms with Crippen LogP contribution in [0.1, 0.15) is 25.7 Å². The fourth-order valence-corrected chi connectivity index (χ4v) is 5.22. The van der Waals surface area contributed by atoms with Crippen molar-refractivity contribution in [2.24, 2.45) is 11.8 Å². The quantitative estimate of drug-likeness (QED) is 0.766. The van der Waals surface area contributed by atoms with Gasteiger partial charge in [0.15, 0.2) is 9.84 Å². The van der Waals surface area contributed by atoms with Gasteiger partial charge in [-0.3, -0.25) is 0 Å². The minimum atomic E-state index is -3.34. The molecule has 1 unspecified atom stereocenters. The van der Waals surface area contributed by atoms with Gasteiger partial charge in [-0.1, -0.05) is 6.07 Å². The maximum absolute atomic E-state index is 12.1. The number of hydrogen-bond donors (Lipinski definition) is 2. The number of hydrogen-bond acceptors (Lipinski definition) is 5. The predicted octanol–water partition coefficient (Wildman–Crippen LogP) is 1.66. The number of nitrogens with one attached hydrogen (secondary N) is 1. The second kappa shape index (κ2) is 5.75. The average Bonchev–Trinajstić information content (AvgIpc) is 3.31. The van der Waals surface area contributed by atoms with Gasteiger partial charge in [0.25, 0.3) is 0 Å². The molecule has 20 heavy (non-hydrogen) atoms. The van der Waals surface area contributed by atoms with Crippen molar-refractivity contribution >= 4 is 21.2 Å². The van der Waals surface area contributed by atoms with E-state index in [1.54, 1.807) is 17.5 Å². The Bertz CT molecular complexity index is 521. The van der Waals surface area contributed by atoms with Gasteiger partial charge in [-0.15, -0.1) is 11.3 Å². The van der Waals surface area contributed by atoms with Gasteiger partial charge in [-0.25, -0.2) is 8.42 Å². The van der Waals surface area contributed by atoms with Gasteiger partial charge < -0.3 is 10.4 Å². The van der Waals surface area contributed by atoms with E-state index in [1.807, 2.05) is 0 Å². The molecule has 0 aromatic carbocycles. The summed E-state index contributed by atoms with van der Waals surface area (Å²) >= 11 is 1.21. The molecular weight excluding hydrogens is 294 g/mol. The highest BCUT2D eigenvalue weighted by Crippen LogP contribution is 2.44. The molecule has 0 amide bonds. The van der Waals surface area contributed by atoms with Crippen molar-refractivity contribution in [2.45, 2.75) is 42.0 Å². The fourth-order valence-electron chi connectivity index (χ4n) is 2.74. The first kappa shape index (κ1) is 14.5. The van der Waals surface area contributed by atoms with Gasteiger partial charge in [0.1, 0.15) is 4.21 Å². The number of thiophene rings is 1. The van der Waals surface area contributed by atoms with Crippen LogP contribution in [0, 0.1) is 11.8 Å². The summed E-state index contributed by atoms with van der Waals surface area (Å²) in [5, 5.41) is 15.1. The molecule has 112 valence electrons. The zero-order valence-corrected chi connectivity index (χ0v) is 13.0. The molecule has 1 aromatic heterocycles. The van der Waals surface area contributed by atoms with E-state index in [9.17, 15) is 13.5 Å². The van der Waals surface area contributed by atoms with Crippen molar-refractivity contribution in [3.8, 4) is 0 Å². The molecule has 2 aliphatic rings. The Hall–Kier alpha value is -0.430. The summed E-state index contributed by atoms with van der Waals surface area (Å²) in [6, 6.07) is 3.81. The Balaban J connectivity index is 1.50. The van der Waals surface area contributed by atoms with Crippen LogP contribution in [-0.2, 0) is 9.84 Å². The normalized spacial score (nSPS) is 21.3. The molecule has 2 fully saturated rings. The molecule has 0 radical (unpaired) electrons. The second-order valence-corrected chi connectivity index (χ2v) is 9.18. The standard InChI is InChI=1S/C14H21NO3S2/c16-12(9-20(17,18)13-2-1-7-19-13)8-15-14(10-3-4-10)11-5-6-11/h1-2,7,10-12,14-16H,3-6,8-9H2. The summed E-state index contributed by atoms with van der Waals surface area (Å²) in [4.78, 5) is 0. The third-order valence-electron chi connectivity index (χ3n) is 4.06. The van der Waals surface area contributed by atoms with Gasteiger partial charge >= 0.3 is 0 Å². The first-order chi connectivity index (χ1) is 9.56. The molecule has 0 spiro atoms. The lowest BCUT2D eigenvalue weighted by Crippen LogP contribution is -2.40. The minimum Gasteiger partial charge on any atom is -0.391 e. The van der Waals surface area contributed by atoms with Gasteiger partial charge in [-0.2, -0.15) is 0 Å². The van der Waals surface area contributed by atoms with E-state index in [-0.39, 0.29) is 5.75 Å². The van der Waals surface area contributed by atoms with Crippen molar-refractivity contribution < 1.29 is 13.5 Å². The molecule has 4 nitrogen and oxygen atoms in total. The monoisotopic (exact) mass is 315 g/mol. The average molecular weight is 315 g/mol. The number of aliphatic hydroxyl groups is 1. The van der Waals surface area contributed by atoms with Crippen LogP contribution in [0.3, 0.4) is 0 Å². The Morgan fingerprint density at radius 1 is 1.30 bits per heavy atom. The lowest BCUT2D eigenvalue weighted by molar-refractivity contribution is 0.184. The lowest BCUT2D eigenvalue weighted by atomic mass is 10.1. The Labute approximate surface area is 124 Å². The van der Waals surface area contributed by atoms with E-state index in [4.69, 9.17) is 0 Å². The third-order valence-corrected chi connectivity index (χ3v) is 7.35. The van der Waals surface area contributed by atoms with Crippen LogP contribution in [0.4, 0.5) is 0 Å². The van der Waals surface area contributed by atoms with Gasteiger partial charge in [-0.05, 0) is 49.0 Å². The largest absolute Gasteiger partial charge is 0.391 e. The van der Waals surface area contributed by atoms with Crippen molar-refractivity contribution in [3.05, 3.63) is 17.5 Å². The summed E-state index contributed by atoms with van der Waals surface area (Å²) < 4.78 is 24.5. The zero-order valence-electron chi connectivity index (χ0n) is 11.4. The summed E-state index contributed by atoms with van der Waals surface area (Å²) in [6.07, 6.45) is 4.27. The predicted molar refractivity (Wildman–Crippen MR) is 79.6 cm³/mol. The molecule has 1 aromatic rings. The SMILES string of the molecule is O=S(=O)(CC(O)CNC(C1CC1)C1CC1)c1cccs1. The van der Waals surface area contributed by atoms with E-state index in [2.05, 4.69) is 5.32 Å². The van der Waals surface area contributed by atoms with E-state index in [0.29, 0.717) is 16.8 Å². The molecule has 1 heterocycles. The highest BCUT2D eigenvalue weighted by atomic mass is 32.2. The van der Waals surface area contributed by atoms with Gasteiger partial charge in [0, 0.05) is 12.6 Å². The van der Waals surface area contributed by atoms with Crippen LogP contribution in [-0.4, -0.2) is 38.0 Å². The molecule has 0 saturated heterocycles. The van der Waals surface area contributed by atoms with Crippen molar-refractivity contribution in [3.63, 3.8) is 0 Å². The molecule has 2 aliphatic carbocycles. The highest BCUT2D eigenvalue weighted by molar-refractivity contribution is 7.93. The summed E-state index contributed by atoms with van der Waals surface area (Å²) in [5.74, 6) is 1.31. The third kappa shape index (κ3) is 3.61. The molecular formula is C14H21NO3S2. The second-order valence-electron chi connectivity index (χ2n) is 5.98. The van der Waals surface area contributed by atoms with Crippen LogP contribution in [0.5, 0.6) is 0 Å². The summed E-state index contributed by atoms with van der Waals surface area (Å²) in [7, 11) is -3.34. The van der Waals surface area contributed by atoms with Crippen molar-refractivity contribution in [1.82, 2.24) is 5.32 Å². The van der Waals surface area contributed by atoms with Crippen LogP contribution < -0.4 is 5.32 Å². The van der Waals surface area contributed by atoms with Gasteiger partial charge in [0.2, 0.25) is 0 Å². The fraction of sp³-hybridized carbons (Fsp3) is 0.714.